The summed E-state index contributed by atoms with van der Waals surface area (Å²) in [5.41, 5.74) is 0.491. The Morgan fingerprint density at radius 2 is 2.00 bits per heavy atom. The zero-order valence-electron chi connectivity index (χ0n) is 14.3. The van der Waals surface area contributed by atoms with Crippen molar-refractivity contribution in [2.45, 2.75) is 13.3 Å². The Bertz CT molecular complexity index is 901. The van der Waals surface area contributed by atoms with Gasteiger partial charge in [0.05, 0.1) is 25.2 Å². The normalized spacial score (nSPS) is 15.9. The van der Waals surface area contributed by atoms with Gasteiger partial charge >= 0.3 is 0 Å². The molecule has 3 N–H and O–H groups in total. The van der Waals surface area contributed by atoms with Crippen LogP contribution in [0.2, 0.25) is 0 Å². The predicted molar refractivity (Wildman–Crippen MR) is 91.6 cm³/mol. The van der Waals surface area contributed by atoms with Crippen LogP contribution in [0, 0.1) is 12.8 Å². The van der Waals surface area contributed by atoms with Gasteiger partial charge in [-0.15, -0.1) is 0 Å². The van der Waals surface area contributed by atoms with Gasteiger partial charge in [-0.05, 0) is 31.0 Å². The molecule has 3 rings (SSSR count). The maximum Gasteiger partial charge on any atom is 0.177 e. The third-order valence-corrected chi connectivity index (χ3v) is 4.56. The van der Waals surface area contributed by atoms with Gasteiger partial charge in [-0.3, -0.25) is 9.59 Å². The SMILES string of the molecule is COc1ccc(CC2COc3c(C=O)c(O)c(C)c(O)c3C2=O)cc1O. The highest BCUT2D eigenvalue weighted by Crippen LogP contribution is 2.44. The van der Waals surface area contributed by atoms with E-state index in [9.17, 15) is 24.9 Å². The Hall–Kier alpha value is -3.22. The average Bonchev–Trinajstić information content (AvgIpc) is 2.62. The molecule has 1 heterocycles. The van der Waals surface area contributed by atoms with Crippen molar-refractivity contribution < 1.29 is 34.4 Å². The maximum atomic E-state index is 12.9. The number of carbonyl (C=O) groups is 2. The molecule has 0 fully saturated rings. The van der Waals surface area contributed by atoms with Gasteiger partial charge in [0.25, 0.3) is 0 Å². The van der Waals surface area contributed by atoms with Crippen LogP contribution in [0.1, 0.15) is 31.8 Å². The second-order valence-corrected chi connectivity index (χ2v) is 6.14. The number of hydrogen-bond donors (Lipinski definition) is 3. The average molecular weight is 358 g/mol. The molecule has 7 nitrogen and oxygen atoms in total. The van der Waals surface area contributed by atoms with Gasteiger partial charge in [0.15, 0.2) is 23.6 Å². The molecule has 7 heteroatoms. The molecule has 1 aliphatic heterocycles. The van der Waals surface area contributed by atoms with Crippen molar-refractivity contribution in [1.29, 1.82) is 0 Å². The molecule has 1 aliphatic rings. The van der Waals surface area contributed by atoms with E-state index in [1.54, 1.807) is 12.1 Å². The summed E-state index contributed by atoms with van der Waals surface area (Å²) in [6, 6.07) is 4.82. The molecule has 1 atom stereocenters. The minimum Gasteiger partial charge on any atom is -0.507 e. The Balaban J connectivity index is 1.97. The van der Waals surface area contributed by atoms with Crippen LogP contribution >= 0.6 is 0 Å². The third kappa shape index (κ3) is 2.71. The molecule has 2 aromatic carbocycles. The second kappa shape index (κ2) is 6.59. The van der Waals surface area contributed by atoms with E-state index in [-0.39, 0.29) is 47.0 Å². The molecular formula is C19H18O7. The largest absolute Gasteiger partial charge is 0.507 e. The Morgan fingerprint density at radius 3 is 2.62 bits per heavy atom. The van der Waals surface area contributed by atoms with Crippen LogP contribution in [-0.2, 0) is 6.42 Å². The molecule has 0 radical (unpaired) electrons. The number of aromatic hydroxyl groups is 3. The van der Waals surface area contributed by atoms with Crippen LogP contribution in [0.15, 0.2) is 18.2 Å². The fraction of sp³-hybridized carbons (Fsp3) is 0.263. The number of ketones is 1. The number of methoxy groups -OCH3 is 1. The van der Waals surface area contributed by atoms with Crippen molar-refractivity contribution in [3.8, 4) is 28.7 Å². The lowest BCUT2D eigenvalue weighted by Gasteiger charge is -2.27. The monoisotopic (exact) mass is 358 g/mol. The van der Waals surface area contributed by atoms with Gasteiger partial charge < -0.3 is 24.8 Å². The van der Waals surface area contributed by atoms with E-state index in [4.69, 9.17) is 9.47 Å². The van der Waals surface area contributed by atoms with E-state index in [1.165, 1.54) is 20.1 Å². The van der Waals surface area contributed by atoms with E-state index in [1.807, 2.05) is 0 Å². The first-order chi connectivity index (χ1) is 12.4. The van der Waals surface area contributed by atoms with Crippen LogP contribution < -0.4 is 9.47 Å². The van der Waals surface area contributed by atoms with Gasteiger partial charge in [0, 0.05) is 5.56 Å². The number of phenols is 3. The lowest BCUT2D eigenvalue weighted by Crippen LogP contribution is -2.30. The van der Waals surface area contributed by atoms with Gasteiger partial charge in [0.1, 0.15) is 22.8 Å². The smallest absolute Gasteiger partial charge is 0.177 e. The zero-order chi connectivity index (χ0) is 19.0. The number of benzene rings is 2. The molecule has 0 bridgehead atoms. The van der Waals surface area contributed by atoms with Crippen LogP contribution in [0.3, 0.4) is 0 Å². The van der Waals surface area contributed by atoms with E-state index in [0.717, 1.165) is 0 Å². The molecule has 0 amide bonds. The van der Waals surface area contributed by atoms with Crippen molar-refractivity contribution in [2.75, 3.05) is 13.7 Å². The molecule has 0 saturated heterocycles. The maximum absolute atomic E-state index is 12.9. The van der Waals surface area contributed by atoms with Crippen molar-refractivity contribution in [1.82, 2.24) is 0 Å². The van der Waals surface area contributed by atoms with Crippen LogP contribution in [-0.4, -0.2) is 41.1 Å². The summed E-state index contributed by atoms with van der Waals surface area (Å²) >= 11 is 0. The first kappa shape index (κ1) is 17.6. The summed E-state index contributed by atoms with van der Waals surface area (Å²) < 4.78 is 10.5. The summed E-state index contributed by atoms with van der Waals surface area (Å²) in [6.07, 6.45) is 0.668. The highest BCUT2D eigenvalue weighted by Gasteiger charge is 2.36. The fourth-order valence-electron chi connectivity index (χ4n) is 3.10. The number of phenolic OH excluding ortho intramolecular Hbond substituents is 3. The van der Waals surface area contributed by atoms with E-state index in [2.05, 4.69) is 0 Å². The van der Waals surface area contributed by atoms with Gasteiger partial charge in [-0.2, -0.15) is 0 Å². The molecular weight excluding hydrogens is 340 g/mol. The third-order valence-electron chi connectivity index (χ3n) is 4.56. The number of fused-ring (bicyclic) bond motifs is 1. The Morgan fingerprint density at radius 1 is 1.27 bits per heavy atom. The summed E-state index contributed by atoms with van der Waals surface area (Å²) in [6.45, 7) is 1.40. The van der Waals surface area contributed by atoms with E-state index >= 15 is 0 Å². The minimum absolute atomic E-state index is 0.0125. The van der Waals surface area contributed by atoms with Crippen molar-refractivity contribution in [2.24, 2.45) is 5.92 Å². The lowest BCUT2D eigenvalue weighted by molar-refractivity contribution is 0.0824. The topological polar surface area (TPSA) is 113 Å². The summed E-state index contributed by atoms with van der Waals surface area (Å²) in [7, 11) is 1.44. The highest BCUT2D eigenvalue weighted by atomic mass is 16.5. The number of hydrogen-bond acceptors (Lipinski definition) is 7. The molecule has 0 saturated carbocycles. The predicted octanol–water partition coefficient (Wildman–Crippen LogP) is 2.37. The molecule has 2 aromatic rings. The first-order valence-electron chi connectivity index (χ1n) is 7.95. The van der Waals surface area contributed by atoms with Gasteiger partial charge in [-0.1, -0.05) is 6.07 Å². The number of carbonyl (C=O) groups excluding carboxylic acids is 2. The Kier molecular flexibility index (Phi) is 4.46. The van der Waals surface area contributed by atoms with Crippen molar-refractivity contribution in [3.63, 3.8) is 0 Å². The molecule has 136 valence electrons. The summed E-state index contributed by atoms with van der Waals surface area (Å²) in [5, 5.41) is 30.1. The molecule has 0 aromatic heterocycles. The summed E-state index contributed by atoms with van der Waals surface area (Å²) in [4.78, 5) is 24.1. The van der Waals surface area contributed by atoms with Crippen LogP contribution in [0.4, 0.5) is 0 Å². The number of aldehydes is 1. The number of ether oxygens (including phenoxy) is 2. The molecule has 1 unspecified atom stereocenters. The molecule has 26 heavy (non-hydrogen) atoms. The van der Waals surface area contributed by atoms with Gasteiger partial charge in [-0.25, -0.2) is 0 Å². The van der Waals surface area contributed by atoms with Crippen molar-refractivity contribution >= 4 is 12.1 Å². The lowest BCUT2D eigenvalue weighted by atomic mass is 9.86. The van der Waals surface area contributed by atoms with Crippen LogP contribution in [0.25, 0.3) is 0 Å². The second-order valence-electron chi connectivity index (χ2n) is 6.14. The van der Waals surface area contributed by atoms with Gasteiger partial charge in [0.2, 0.25) is 0 Å². The van der Waals surface area contributed by atoms with E-state index in [0.29, 0.717) is 17.6 Å². The summed E-state index contributed by atoms with van der Waals surface area (Å²) in [5.74, 6) is -1.60. The highest BCUT2D eigenvalue weighted by molar-refractivity contribution is 6.07. The number of rotatable bonds is 4. The van der Waals surface area contributed by atoms with Crippen LogP contribution in [0.5, 0.6) is 28.7 Å². The Labute approximate surface area is 149 Å². The quantitative estimate of drug-likeness (QED) is 0.719. The zero-order valence-corrected chi connectivity index (χ0v) is 14.3. The first-order valence-corrected chi connectivity index (χ1v) is 7.95. The fourth-order valence-corrected chi connectivity index (χ4v) is 3.10. The number of Topliss-reactive ketones (excluding diaryl/α,β-unsaturated/α-hetero) is 1. The standard InChI is InChI=1S/C19H18O7/c1-9-16(22)12(7-20)19-15(17(9)23)18(24)11(8-26-19)5-10-3-4-14(25-2)13(21)6-10/h3-4,6-7,11,21-23H,5,8H2,1-2H3. The van der Waals surface area contributed by atoms with Crippen molar-refractivity contribution in [3.05, 3.63) is 40.5 Å². The minimum atomic E-state index is -0.607. The molecule has 0 spiro atoms. The van der Waals surface area contributed by atoms with E-state index < -0.39 is 17.4 Å². The molecule has 0 aliphatic carbocycles.